The summed E-state index contributed by atoms with van der Waals surface area (Å²) in [6.45, 7) is 0.841. The van der Waals surface area contributed by atoms with E-state index >= 15 is 0 Å². The number of carbonyl (C=O) groups excluding carboxylic acids is 1. The molecule has 3 aromatic rings. The summed E-state index contributed by atoms with van der Waals surface area (Å²) < 4.78 is 0. The summed E-state index contributed by atoms with van der Waals surface area (Å²) in [7, 11) is 0. The van der Waals surface area contributed by atoms with Crippen LogP contribution in [0.15, 0.2) is 91.0 Å². The molecule has 2 atom stereocenters. The number of piperidine rings is 1. The molecule has 1 aliphatic rings. The lowest BCUT2D eigenvalue weighted by Crippen LogP contribution is -2.39. The van der Waals surface area contributed by atoms with E-state index < -0.39 is 0 Å². The van der Waals surface area contributed by atoms with E-state index in [4.69, 9.17) is 0 Å². The van der Waals surface area contributed by atoms with E-state index in [0.717, 1.165) is 6.54 Å². The van der Waals surface area contributed by atoms with Crippen LogP contribution < -0.4 is 0 Å². The number of hydrogen-bond donors (Lipinski definition) is 0. The van der Waals surface area contributed by atoms with Gasteiger partial charge in [0.25, 0.3) is 0 Å². The Kier molecular flexibility index (Phi) is 4.94. The van der Waals surface area contributed by atoms with Gasteiger partial charge >= 0.3 is 0 Å². The normalized spacial score (nSPS) is 20.8. The molecule has 0 aromatic heterocycles. The molecular weight excluding hydrogens is 318 g/mol. The van der Waals surface area contributed by atoms with Gasteiger partial charge in [-0.05, 0) is 16.7 Å². The van der Waals surface area contributed by atoms with Crippen LogP contribution in [0.3, 0.4) is 0 Å². The molecular formula is C24H23NO. The Morgan fingerprint density at radius 1 is 0.654 bits per heavy atom. The van der Waals surface area contributed by atoms with E-state index in [2.05, 4.69) is 77.7 Å². The molecule has 0 saturated carbocycles. The van der Waals surface area contributed by atoms with Crippen LogP contribution in [0, 0.1) is 0 Å². The zero-order valence-electron chi connectivity index (χ0n) is 14.8. The van der Waals surface area contributed by atoms with Crippen LogP contribution in [0.5, 0.6) is 0 Å². The molecule has 0 bridgehead atoms. The predicted octanol–water partition coefficient (Wildman–Crippen LogP) is 5.33. The summed E-state index contributed by atoms with van der Waals surface area (Å²) in [5.74, 6) is 0.344. The van der Waals surface area contributed by atoms with Gasteiger partial charge in [-0.15, -0.1) is 0 Å². The molecule has 130 valence electrons. The molecule has 0 spiro atoms. The molecule has 1 heterocycles. The fraction of sp³-hybridized carbons (Fsp3) is 0.208. The van der Waals surface area contributed by atoms with E-state index in [1.165, 1.54) is 16.7 Å². The van der Waals surface area contributed by atoms with Crippen LogP contribution in [-0.2, 0) is 11.3 Å². The van der Waals surface area contributed by atoms with Crippen LogP contribution in [-0.4, -0.2) is 10.7 Å². The third kappa shape index (κ3) is 3.61. The van der Waals surface area contributed by atoms with Crippen molar-refractivity contribution < 1.29 is 4.79 Å². The van der Waals surface area contributed by atoms with Crippen molar-refractivity contribution in [1.29, 1.82) is 0 Å². The summed E-state index contributed by atoms with van der Waals surface area (Å²) in [5, 5.41) is 0. The van der Waals surface area contributed by atoms with Crippen molar-refractivity contribution >= 4 is 5.78 Å². The van der Waals surface area contributed by atoms with Gasteiger partial charge in [-0.2, -0.15) is 0 Å². The molecule has 2 heteroatoms. The largest absolute Gasteiger partial charge is 0.300 e. The zero-order valence-corrected chi connectivity index (χ0v) is 14.8. The molecule has 1 aliphatic heterocycles. The topological polar surface area (TPSA) is 20.3 Å². The number of carbonyl (C=O) groups is 1. The van der Waals surface area contributed by atoms with E-state index in [9.17, 15) is 4.79 Å². The SMILES string of the molecule is O=C1C[C@@H](c2ccccc2)N(Cc2ccccc2)[C@H](c2ccccc2)C1. The lowest BCUT2D eigenvalue weighted by atomic mass is 9.86. The standard InChI is InChI=1S/C24H23NO/c26-22-16-23(20-12-6-2-7-13-20)25(18-19-10-4-1-5-11-19)24(17-22)21-14-8-3-9-15-21/h1-15,23-24H,16-18H2/t23-,24-/m0/s1. The Bertz CT molecular complexity index is 794. The van der Waals surface area contributed by atoms with Crippen LogP contribution in [0.4, 0.5) is 0 Å². The first kappa shape index (κ1) is 16.7. The first-order valence-corrected chi connectivity index (χ1v) is 9.22. The van der Waals surface area contributed by atoms with Gasteiger partial charge in [-0.3, -0.25) is 9.69 Å². The molecule has 0 radical (unpaired) electrons. The average molecular weight is 341 g/mol. The summed E-state index contributed by atoms with van der Waals surface area (Å²) >= 11 is 0. The molecule has 1 fully saturated rings. The molecule has 3 aromatic carbocycles. The Morgan fingerprint density at radius 3 is 1.54 bits per heavy atom. The Morgan fingerprint density at radius 2 is 1.08 bits per heavy atom. The van der Waals surface area contributed by atoms with Crippen molar-refractivity contribution in [3.05, 3.63) is 108 Å². The van der Waals surface area contributed by atoms with Crippen LogP contribution >= 0.6 is 0 Å². The van der Waals surface area contributed by atoms with Crippen molar-refractivity contribution in [2.24, 2.45) is 0 Å². The predicted molar refractivity (Wildman–Crippen MR) is 105 cm³/mol. The minimum atomic E-state index is 0.114. The molecule has 4 rings (SSSR count). The fourth-order valence-electron chi connectivity index (χ4n) is 3.95. The second-order valence-corrected chi connectivity index (χ2v) is 6.96. The first-order valence-electron chi connectivity index (χ1n) is 9.22. The van der Waals surface area contributed by atoms with Crippen molar-refractivity contribution in [3.63, 3.8) is 0 Å². The minimum absolute atomic E-state index is 0.114. The highest BCUT2D eigenvalue weighted by atomic mass is 16.1. The van der Waals surface area contributed by atoms with Crippen molar-refractivity contribution in [1.82, 2.24) is 4.90 Å². The molecule has 2 nitrogen and oxygen atoms in total. The summed E-state index contributed by atoms with van der Waals surface area (Å²) in [4.78, 5) is 15.1. The maximum Gasteiger partial charge on any atom is 0.136 e. The van der Waals surface area contributed by atoms with Crippen LogP contribution in [0.2, 0.25) is 0 Å². The Labute approximate surface area is 155 Å². The van der Waals surface area contributed by atoms with Gasteiger partial charge in [0.15, 0.2) is 0 Å². The fourth-order valence-corrected chi connectivity index (χ4v) is 3.95. The van der Waals surface area contributed by atoms with E-state index in [-0.39, 0.29) is 12.1 Å². The van der Waals surface area contributed by atoms with Gasteiger partial charge < -0.3 is 0 Å². The Hall–Kier alpha value is -2.71. The van der Waals surface area contributed by atoms with E-state index in [1.807, 2.05) is 18.2 Å². The highest BCUT2D eigenvalue weighted by Crippen LogP contribution is 2.41. The number of ketones is 1. The molecule has 26 heavy (non-hydrogen) atoms. The second-order valence-electron chi connectivity index (χ2n) is 6.96. The minimum Gasteiger partial charge on any atom is -0.300 e. The van der Waals surface area contributed by atoms with Crippen LogP contribution in [0.25, 0.3) is 0 Å². The van der Waals surface area contributed by atoms with Gasteiger partial charge in [0.05, 0.1) is 0 Å². The monoisotopic (exact) mass is 341 g/mol. The van der Waals surface area contributed by atoms with Gasteiger partial charge in [0.2, 0.25) is 0 Å². The zero-order chi connectivity index (χ0) is 17.8. The van der Waals surface area contributed by atoms with Gasteiger partial charge in [-0.25, -0.2) is 0 Å². The van der Waals surface area contributed by atoms with E-state index in [0.29, 0.717) is 18.6 Å². The van der Waals surface area contributed by atoms with Gasteiger partial charge in [-0.1, -0.05) is 91.0 Å². The summed E-state index contributed by atoms with van der Waals surface area (Å²) in [5.41, 5.74) is 3.72. The second kappa shape index (κ2) is 7.67. The Balaban J connectivity index is 1.74. The lowest BCUT2D eigenvalue weighted by Gasteiger charge is -2.42. The van der Waals surface area contributed by atoms with E-state index in [1.54, 1.807) is 0 Å². The van der Waals surface area contributed by atoms with Crippen molar-refractivity contribution in [3.8, 4) is 0 Å². The average Bonchev–Trinajstić information content (AvgIpc) is 2.71. The molecule has 0 amide bonds. The first-order chi connectivity index (χ1) is 12.8. The number of rotatable bonds is 4. The molecule has 1 saturated heterocycles. The number of benzene rings is 3. The molecule has 0 aliphatic carbocycles. The number of hydrogen-bond acceptors (Lipinski definition) is 2. The molecule has 0 N–H and O–H groups in total. The smallest absolute Gasteiger partial charge is 0.136 e. The van der Waals surface area contributed by atoms with Crippen LogP contribution in [0.1, 0.15) is 41.6 Å². The maximum absolute atomic E-state index is 12.6. The maximum atomic E-state index is 12.6. The number of likely N-dealkylation sites (tertiary alicyclic amines) is 1. The lowest BCUT2D eigenvalue weighted by molar-refractivity contribution is -0.126. The quantitative estimate of drug-likeness (QED) is 0.639. The van der Waals surface area contributed by atoms with Gasteiger partial charge in [0, 0.05) is 31.5 Å². The third-order valence-electron chi connectivity index (χ3n) is 5.22. The number of nitrogens with zero attached hydrogens (tertiary/aromatic N) is 1. The molecule has 0 unspecified atom stereocenters. The van der Waals surface area contributed by atoms with Crippen molar-refractivity contribution in [2.45, 2.75) is 31.5 Å². The summed E-state index contributed by atoms with van der Waals surface area (Å²) in [6.07, 6.45) is 1.17. The van der Waals surface area contributed by atoms with Gasteiger partial charge in [0.1, 0.15) is 5.78 Å². The highest BCUT2D eigenvalue weighted by molar-refractivity contribution is 5.81. The van der Waals surface area contributed by atoms with Crippen molar-refractivity contribution in [2.75, 3.05) is 0 Å². The third-order valence-corrected chi connectivity index (χ3v) is 5.22. The number of Topliss-reactive ketones (excluding diaryl/α,β-unsaturated/α-hetero) is 1. The summed E-state index contributed by atoms with van der Waals surface area (Å²) in [6, 6.07) is 31.7. The highest BCUT2D eigenvalue weighted by Gasteiger charge is 2.36.